The van der Waals surface area contributed by atoms with Gasteiger partial charge < -0.3 is 10.4 Å². The molecule has 1 aromatic rings. The van der Waals surface area contributed by atoms with Crippen LogP contribution in [0, 0.1) is 23.7 Å². The second-order valence-electron chi connectivity index (χ2n) is 5.33. The Morgan fingerprint density at radius 2 is 1.70 bits per heavy atom. The van der Waals surface area contributed by atoms with Gasteiger partial charge in [-0.3, -0.25) is 9.59 Å². The van der Waals surface area contributed by atoms with E-state index in [-0.39, 0.29) is 17.7 Å². The molecule has 3 rings (SSSR count). The van der Waals surface area contributed by atoms with Crippen LogP contribution in [-0.2, 0) is 9.59 Å². The van der Waals surface area contributed by atoms with Crippen molar-refractivity contribution in [3.63, 3.8) is 0 Å². The molecule has 1 amide bonds. The van der Waals surface area contributed by atoms with Crippen molar-refractivity contribution >= 4 is 29.2 Å². The van der Waals surface area contributed by atoms with Crippen LogP contribution in [0.5, 0.6) is 0 Å². The largest absolute Gasteiger partial charge is 0.481 e. The van der Waals surface area contributed by atoms with Crippen LogP contribution in [0.15, 0.2) is 36.4 Å². The van der Waals surface area contributed by atoms with Gasteiger partial charge in [0, 0.05) is 10.7 Å². The molecular weight excluding hydrogens is 278 g/mol. The number of amides is 1. The Bertz CT molecular complexity index is 581. The fourth-order valence-corrected chi connectivity index (χ4v) is 3.40. The number of carboxylic acid groups (broad SMARTS) is 1. The monoisotopic (exact) mass is 291 g/mol. The van der Waals surface area contributed by atoms with Crippen molar-refractivity contribution in [1.82, 2.24) is 0 Å². The Kier molecular flexibility index (Phi) is 3.26. The van der Waals surface area contributed by atoms with Gasteiger partial charge in [0.25, 0.3) is 0 Å². The van der Waals surface area contributed by atoms with E-state index in [1.165, 1.54) is 0 Å². The lowest BCUT2D eigenvalue weighted by molar-refractivity contribution is -0.146. The Balaban J connectivity index is 1.78. The van der Waals surface area contributed by atoms with E-state index in [9.17, 15) is 14.7 Å². The molecule has 4 atom stereocenters. The number of carbonyl (C=O) groups is 2. The van der Waals surface area contributed by atoms with Crippen LogP contribution in [0.1, 0.15) is 6.42 Å². The average Bonchev–Trinajstić information content (AvgIpc) is 3.01. The predicted molar refractivity (Wildman–Crippen MR) is 75.4 cm³/mol. The minimum Gasteiger partial charge on any atom is -0.481 e. The zero-order valence-corrected chi connectivity index (χ0v) is 11.4. The first-order chi connectivity index (χ1) is 9.56. The van der Waals surface area contributed by atoms with Gasteiger partial charge in [-0.1, -0.05) is 23.8 Å². The van der Waals surface area contributed by atoms with Crippen LogP contribution in [0.2, 0.25) is 5.02 Å². The first-order valence-corrected chi connectivity index (χ1v) is 6.91. The van der Waals surface area contributed by atoms with Gasteiger partial charge >= 0.3 is 5.97 Å². The third-order valence-corrected chi connectivity index (χ3v) is 4.41. The molecular formula is C15H14ClNO3. The number of hydrogen-bond donors (Lipinski definition) is 2. The van der Waals surface area contributed by atoms with E-state index < -0.39 is 17.8 Å². The number of halogens is 1. The molecule has 4 nitrogen and oxygen atoms in total. The standard InChI is InChI=1S/C15H14ClNO3/c16-10-3-5-11(6-4-10)17-14(18)12-8-1-2-9(7-8)13(12)15(19)20/h1-6,8-9,12-13H,7H2,(H,17,18)(H,19,20). The Morgan fingerprint density at radius 1 is 1.10 bits per heavy atom. The zero-order chi connectivity index (χ0) is 14.3. The van der Waals surface area contributed by atoms with Crippen molar-refractivity contribution in [2.24, 2.45) is 23.7 Å². The van der Waals surface area contributed by atoms with Gasteiger partial charge in [-0.15, -0.1) is 0 Å². The van der Waals surface area contributed by atoms with Crippen LogP contribution < -0.4 is 5.32 Å². The van der Waals surface area contributed by atoms with Crippen LogP contribution in [-0.4, -0.2) is 17.0 Å². The number of benzene rings is 1. The lowest BCUT2D eigenvalue weighted by Gasteiger charge is -2.23. The zero-order valence-electron chi connectivity index (χ0n) is 10.6. The number of carbonyl (C=O) groups excluding carboxylic acids is 1. The molecule has 0 saturated heterocycles. The van der Waals surface area contributed by atoms with Gasteiger partial charge in [-0.25, -0.2) is 0 Å². The van der Waals surface area contributed by atoms with Gasteiger partial charge in [-0.05, 0) is 42.5 Å². The van der Waals surface area contributed by atoms with Crippen LogP contribution in [0.4, 0.5) is 5.69 Å². The van der Waals surface area contributed by atoms with Crippen molar-refractivity contribution < 1.29 is 14.7 Å². The fourth-order valence-electron chi connectivity index (χ4n) is 3.28. The molecule has 0 spiro atoms. The van der Waals surface area contributed by atoms with E-state index in [0.29, 0.717) is 10.7 Å². The normalized spacial score (nSPS) is 30.4. The smallest absolute Gasteiger partial charge is 0.307 e. The molecule has 1 saturated carbocycles. The second kappa shape index (κ2) is 4.94. The highest BCUT2D eigenvalue weighted by atomic mass is 35.5. The highest BCUT2D eigenvalue weighted by molar-refractivity contribution is 6.30. The lowest BCUT2D eigenvalue weighted by Crippen LogP contribution is -2.36. The average molecular weight is 292 g/mol. The summed E-state index contributed by atoms with van der Waals surface area (Å²) in [4.78, 5) is 23.7. The summed E-state index contributed by atoms with van der Waals surface area (Å²) in [5, 5.41) is 12.7. The summed E-state index contributed by atoms with van der Waals surface area (Å²) in [5.41, 5.74) is 0.635. The maximum Gasteiger partial charge on any atom is 0.307 e. The van der Waals surface area contributed by atoms with Crippen molar-refractivity contribution in [2.75, 3.05) is 5.32 Å². The van der Waals surface area contributed by atoms with Crippen molar-refractivity contribution in [2.45, 2.75) is 6.42 Å². The van der Waals surface area contributed by atoms with E-state index in [1.54, 1.807) is 24.3 Å². The predicted octanol–water partition coefficient (Wildman–Crippen LogP) is 2.80. The Hall–Kier alpha value is -1.81. The highest BCUT2D eigenvalue weighted by Crippen LogP contribution is 2.48. The van der Waals surface area contributed by atoms with Crippen LogP contribution in [0.3, 0.4) is 0 Å². The summed E-state index contributed by atoms with van der Waals surface area (Å²) in [5.74, 6) is -2.20. The number of nitrogens with one attached hydrogen (secondary N) is 1. The molecule has 4 unspecified atom stereocenters. The fraction of sp³-hybridized carbons (Fsp3) is 0.333. The van der Waals surface area contributed by atoms with Gasteiger partial charge in [-0.2, -0.15) is 0 Å². The molecule has 1 aromatic carbocycles. The van der Waals surface area contributed by atoms with E-state index in [4.69, 9.17) is 11.6 Å². The van der Waals surface area contributed by atoms with Gasteiger partial charge in [0.15, 0.2) is 0 Å². The molecule has 0 aliphatic heterocycles. The summed E-state index contributed by atoms with van der Waals surface area (Å²) in [6.07, 6.45) is 4.65. The molecule has 0 radical (unpaired) electrons. The number of fused-ring (bicyclic) bond motifs is 2. The number of allylic oxidation sites excluding steroid dienone is 2. The second-order valence-corrected chi connectivity index (χ2v) is 5.77. The number of anilines is 1. The summed E-state index contributed by atoms with van der Waals surface area (Å²) >= 11 is 5.79. The summed E-state index contributed by atoms with van der Waals surface area (Å²) < 4.78 is 0. The molecule has 20 heavy (non-hydrogen) atoms. The molecule has 0 heterocycles. The van der Waals surface area contributed by atoms with E-state index in [1.807, 2.05) is 12.2 Å². The van der Waals surface area contributed by atoms with Crippen LogP contribution >= 0.6 is 11.6 Å². The number of carboxylic acids is 1. The van der Waals surface area contributed by atoms with Crippen molar-refractivity contribution in [3.8, 4) is 0 Å². The first kappa shape index (κ1) is 13.2. The first-order valence-electron chi connectivity index (χ1n) is 6.54. The molecule has 1 fully saturated rings. The quantitative estimate of drug-likeness (QED) is 0.842. The summed E-state index contributed by atoms with van der Waals surface area (Å²) in [7, 11) is 0. The number of aliphatic carboxylic acids is 1. The van der Waals surface area contributed by atoms with Crippen molar-refractivity contribution in [1.29, 1.82) is 0 Å². The third-order valence-electron chi connectivity index (χ3n) is 4.16. The van der Waals surface area contributed by atoms with Gasteiger partial charge in [0.1, 0.15) is 0 Å². The summed E-state index contributed by atoms with van der Waals surface area (Å²) in [6, 6.07) is 6.79. The number of hydrogen-bond acceptors (Lipinski definition) is 2. The molecule has 2 bridgehead atoms. The molecule has 2 aliphatic rings. The SMILES string of the molecule is O=C(O)C1C2C=CC(C2)C1C(=O)Nc1ccc(Cl)cc1. The third kappa shape index (κ3) is 2.20. The highest BCUT2D eigenvalue weighted by Gasteiger charge is 2.51. The minimum atomic E-state index is -0.891. The topological polar surface area (TPSA) is 66.4 Å². The molecule has 2 aliphatic carbocycles. The minimum absolute atomic E-state index is 0.0153. The maximum absolute atomic E-state index is 12.4. The summed E-state index contributed by atoms with van der Waals surface area (Å²) in [6.45, 7) is 0. The van der Waals surface area contributed by atoms with Gasteiger partial charge in [0.2, 0.25) is 5.91 Å². The number of rotatable bonds is 3. The molecule has 5 heteroatoms. The van der Waals surface area contributed by atoms with Crippen LogP contribution in [0.25, 0.3) is 0 Å². The molecule has 2 N–H and O–H groups in total. The van der Waals surface area contributed by atoms with Crippen molar-refractivity contribution in [3.05, 3.63) is 41.4 Å². The Morgan fingerprint density at radius 3 is 2.30 bits per heavy atom. The molecule has 0 aromatic heterocycles. The maximum atomic E-state index is 12.4. The van der Waals surface area contributed by atoms with E-state index in [0.717, 1.165) is 6.42 Å². The lowest BCUT2D eigenvalue weighted by atomic mass is 9.82. The Labute approximate surface area is 121 Å². The van der Waals surface area contributed by atoms with Gasteiger partial charge in [0.05, 0.1) is 11.8 Å². The van der Waals surface area contributed by atoms with E-state index >= 15 is 0 Å². The van der Waals surface area contributed by atoms with E-state index in [2.05, 4.69) is 5.32 Å². The molecule has 104 valence electrons.